The molecule has 2 aromatic heterocycles. The minimum atomic E-state index is -1.04. The Morgan fingerprint density at radius 3 is 3.14 bits per heavy atom. The second kappa shape index (κ2) is 3.24. The summed E-state index contributed by atoms with van der Waals surface area (Å²) in [5.74, 6) is -0.651. The molecule has 0 spiro atoms. The van der Waals surface area contributed by atoms with Crippen LogP contribution in [0.3, 0.4) is 0 Å². The number of aromatic carboxylic acids is 1. The van der Waals surface area contributed by atoms with Crippen LogP contribution in [0.5, 0.6) is 0 Å². The Labute approximate surface area is 77.6 Å². The molecule has 72 valence electrons. The number of tetrazole rings is 1. The van der Waals surface area contributed by atoms with Crippen molar-refractivity contribution in [1.82, 2.24) is 30.4 Å². The number of H-pyrrole nitrogens is 1. The number of carboxylic acid groups (broad SMARTS) is 1. The molecule has 0 unspecified atom stereocenters. The molecule has 0 fully saturated rings. The first-order valence-electron chi connectivity index (χ1n) is 3.75. The van der Waals surface area contributed by atoms with Crippen molar-refractivity contribution in [3.8, 4) is 0 Å². The highest BCUT2D eigenvalue weighted by Gasteiger charge is 2.11. The summed E-state index contributed by atoms with van der Waals surface area (Å²) in [5, 5.41) is 25.6. The molecule has 0 aliphatic carbocycles. The first-order chi connectivity index (χ1) is 6.77. The second-order valence-electron chi connectivity index (χ2n) is 2.51. The predicted octanol–water partition coefficient (Wildman–Crippen LogP) is -0.857. The Morgan fingerprint density at radius 2 is 2.50 bits per heavy atom. The largest absolute Gasteiger partial charge is 0.477 e. The van der Waals surface area contributed by atoms with Crippen molar-refractivity contribution in [2.45, 2.75) is 6.54 Å². The molecular formula is C6H6N6O2. The van der Waals surface area contributed by atoms with E-state index < -0.39 is 5.97 Å². The molecule has 8 heteroatoms. The Morgan fingerprint density at radius 1 is 1.64 bits per heavy atom. The molecule has 8 nitrogen and oxygen atoms in total. The molecule has 2 rings (SSSR count). The number of hydrogen-bond donors (Lipinski definition) is 2. The van der Waals surface area contributed by atoms with Crippen molar-refractivity contribution in [3.05, 3.63) is 23.8 Å². The van der Waals surface area contributed by atoms with Gasteiger partial charge in [-0.2, -0.15) is 10.3 Å². The van der Waals surface area contributed by atoms with Crippen LogP contribution in [-0.4, -0.2) is 41.5 Å². The van der Waals surface area contributed by atoms with Crippen LogP contribution in [0.1, 0.15) is 16.3 Å². The van der Waals surface area contributed by atoms with E-state index in [-0.39, 0.29) is 12.2 Å². The van der Waals surface area contributed by atoms with Gasteiger partial charge in [0.1, 0.15) is 12.2 Å². The number of aromatic amines is 1. The van der Waals surface area contributed by atoms with E-state index in [0.717, 1.165) is 0 Å². The third-order valence-electron chi connectivity index (χ3n) is 1.62. The molecule has 0 saturated heterocycles. The molecule has 0 aliphatic rings. The van der Waals surface area contributed by atoms with Gasteiger partial charge >= 0.3 is 5.97 Å². The molecule has 0 atom stereocenters. The van der Waals surface area contributed by atoms with Crippen molar-refractivity contribution in [3.63, 3.8) is 0 Å². The van der Waals surface area contributed by atoms with Crippen LogP contribution in [0, 0.1) is 0 Å². The number of nitrogens with zero attached hydrogens (tertiary/aromatic N) is 5. The molecule has 0 amide bonds. The van der Waals surface area contributed by atoms with E-state index in [0.29, 0.717) is 5.82 Å². The summed E-state index contributed by atoms with van der Waals surface area (Å²) in [4.78, 5) is 10.7. The molecular weight excluding hydrogens is 188 g/mol. The van der Waals surface area contributed by atoms with E-state index in [1.807, 2.05) is 0 Å². The van der Waals surface area contributed by atoms with Gasteiger partial charge in [0.05, 0.1) is 0 Å². The zero-order valence-corrected chi connectivity index (χ0v) is 6.95. The van der Waals surface area contributed by atoms with Gasteiger partial charge in [-0.05, 0) is 6.07 Å². The molecule has 2 aromatic rings. The summed E-state index contributed by atoms with van der Waals surface area (Å²) in [6, 6.07) is 1.41. The first-order valence-corrected chi connectivity index (χ1v) is 3.75. The molecule has 0 saturated carbocycles. The summed E-state index contributed by atoms with van der Waals surface area (Å²) in [6.07, 6.45) is 1.41. The number of carbonyl (C=O) groups is 1. The van der Waals surface area contributed by atoms with E-state index in [1.165, 1.54) is 16.9 Å². The lowest BCUT2D eigenvalue weighted by atomic mass is 10.4. The lowest BCUT2D eigenvalue weighted by Crippen LogP contribution is -2.11. The Hall–Kier alpha value is -2.25. The molecule has 2 N–H and O–H groups in total. The highest BCUT2D eigenvalue weighted by atomic mass is 16.4. The number of aromatic nitrogens is 6. The number of carboxylic acids is 1. The van der Waals surface area contributed by atoms with Crippen molar-refractivity contribution < 1.29 is 9.90 Å². The SMILES string of the molecule is O=C(O)c1ccnn1Cc1nn[nH]n1. The van der Waals surface area contributed by atoms with Crippen LogP contribution in [-0.2, 0) is 6.54 Å². The fourth-order valence-corrected chi connectivity index (χ4v) is 1.02. The smallest absolute Gasteiger partial charge is 0.354 e. The first kappa shape index (κ1) is 8.35. The molecule has 0 aliphatic heterocycles. The topological polar surface area (TPSA) is 110 Å². The third kappa shape index (κ3) is 1.44. The van der Waals surface area contributed by atoms with E-state index in [1.54, 1.807) is 0 Å². The average Bonchev–Trinajstić information content (AvgIpc) is 2.75. The lowest BCUT2D eigenvalue weighted by Gasteiger charge is -1.99. The normalized spacial score (nSPS) is 10.3. The van der Waals surface area contributed by atoms with Gasteiger partial charge < -0.3 is 5.11 Å². The highest BCUT2D eigenvalue weighted by Crippen LogP contribution is 2.00. The standard InChI is InChI=1S/C6H6N6O2/c13-6(14)4-1-2-7-12(4)3-5-8-10-11-9-5/h1-2H,3H2,(H,13,14)(H,8,9,10,11). The van der Waals surface area contributed by atoms with Gasteiger partial charge in [-0.25, -0.2) is 4.79 Å². The lowest BCUT2D eigenvalue weighted by molar-refractivity contribution is 0.0684. The van der Waals surface area contributed by atoms with Crippen molar-refractivity contribution in [2.24, 2.45) is 0 Å². The minimum Gasteiger partial charge on any atom is -0.477 e. The van der Waals surface area contributed by atoms with Crippen molar-refractivity contribution in [2.75, 3.05) is 0 Å². The molecule has 2 heterocycles. The fraction of sp³-hybridized carbons (Fsp3) is 0.167. The van der Waals surface area contributed by atoms with Gasteiger partial charge in [0.25, 0.3) is 0 Å². The average molecular weight is 194 g/mol. The van der Waals surface area contributed by atoms with Gasteiger partial charge in [-0.1, -0.05) is 5.21 Å². The van der Waals surface area contributed by atoms with E-state index >= 15 is 0 Å². The van der Waals surface area contributed by atoms with Gasteiger partial charge in [0, 0.05) is 6.20 Å². The van der Waals surface area contributed by atoms with E-state index in [2.05, 4.69) is 25.7 Å². The number of rotatable bonds is 3. The summed E-state index contributed by atoms with van der Waals surface area (Å²) < 4.78 is 1.28. The monoisotopic (exact) mass is 194 g/mol. The van der Waals surface area contributed by atoms with Crippen LogP contribution in [0.25, 0.3) is 0 Å². The quantitative estimate of drug-likeness (QED) is 0.658. The fourth-order valence-electron chi connectivity index (χ4n) is 1.02. The van der Waals surface area contributed by atoms with Crippen LogP contribution in [0.2, 0.25) is 0 Å². The van der Waals surface area contributed by atoms with Crippen LogP contribution >= 0.6 is 0 Å². The summed E-state index contributed by atoms with van der Waals surface area (Å²) in [6.45, 7) is 0.186. The Balaban J connectivity index is 2.25. The van der Waals surface area contributed by atoms with Crippen LogP contribution in [0.4, 0.5) is 0 Å². The zero-order valence-electron chi connectivity index (χ0n) is 6.95. The maximum atomic E-state index is 10.7. The Kier molecular flexibility index (Phi) is 1.94. The number of hydrogen-bond acceptors (Lipinski definition) is 5. The molecule has 14 heavy (non-hydrogen) atoms. The second-order valence-corrected chi connectivity index (χ2v) is 2.51. The van der Waals surface area contributed by atoms with Gasteiger partial charge in [0.2, 0.25) is 0 Å². The third-order valence-corrected chi connectivity index (χ3v) is 1.62. The summed E-state index contributed by atoms with van der Waals surface area (Å²) in [7, 11) is 0. The zero-order chi connectivity index (χ0) is 9.97. The molecule has 0 aromatic carbocycles. The minimum absolute atomic E-state index is 0.0924. The van der Waals surface area contributed by atoms with Crippen LogP contribution < -0.4 is 0 Å². The molecule has 0 radical (unpaired) electrons. The van der Waals surface area contributed by atoms with E-state index in [9.17, 15) is 4.79 Å². The maximum absolute atomic E-state index is 10.7. The van der Waals surface area contributed by atoms with Gasteiger partial charge in [-0.15, -0.1) is 10.2 Å². The predicted molar refractivity (Wildman–Crippen MR) is 42.5 cm³/mol. The summed E-state index contributed by atoms with van der Waals surface area (Å²) in [5.41, 5.74) is 0.0924. The molecule has 0 bridgehead atoms. The van der Waals surface area contributed by atoms with Crippen LogP contribution in [0.15, 0.2) is 12.3 Å². The van der Waals surface area contributed by atoms with Gasteiger partial charge in [0.15, 0.2) is 5.82 Å². The van der Waals surface area contributed by atoms with Gasteiger partial charge in [-0.3, -0.25) is 4.68 Å². The summed E-state index contributed by atoms with van der Waals surface area (Å²) >= 11 is 0. The number of nitrogens with one attached hydrogen (secondary N) is 1. The Bertz CT molecular complexity index is 433. The highest BCUT2D eigenvalue weighted by molar-refractivity contribution is 5.85. The maximum Gasteiger partial charge on any atom is 0.354 e. The van der Waals surface area contributed by atoms with Crippen molar-refractivity contribution in [1.29, 1.82) is 0 Å². The van der Waals surface area contributed by atoms with Crippen molar-refractivity contribution >= 4 is 5.97 Å². The van der Waals surface area contributed by atoms with E-state index in [4.69, 9.17) is 5.11 Å².